The zero-order chi connectivity index (χ0) is 13.1. The average Bonchev–Trinajstić information content (AvgIpc) is 2.34. The third-order valence-corrected chi connectivity index (χ3v) is 3.09. The third-order valence-electron chi connectivity index (χ3n) is 2.26. The summed E-state index contributed by atoms with van der Waals surface area (Å²) < 4.78 is 0. The Morgan fingerprint density at radius 2 is 2.17 bits per heavy atom. The minimum Gasteiger partial charge on any atom is -0.397 e. The lowest BCUT2D eigenvalue weighted by Gasteiger charge is -2.07. The van der Waals surface area contributed by atoms with Gasteiger partial charge in [-0.1, -0.05) is 11.6 Å². The van der Waals surface area contributed by atoms with Crippen LogP contribution in [0.3, 0.4) is 0 Å². The molecule has 6 heteroatoms. The first-order chi connectivity index (χ1) is 8.58. The molecule has 0 unspecified atom stereocenters. The number of nitrogens with one attached hydrogen (secondary N) is 1. The molecule has 92 valence electrons. The van der Waals surface area contributed by atoms with Crippen molar-refractivity contribution < 1.29 is 4.79 Å². The van der Waals surface area contributed by atoms with E-state index < -0.39 is 0 Å². The van der Waals surface area contributed by atoms with Gasteiger partial charge < -0.3 is 11.1 Å². The Kier molecular flexibility index (Phi) is 3.74. The Morgan fingerprint density at radius 1 is 1.39 bits per heavy atom. The van der Waals surface area contributed by atoms with Gasteiger partial charge in [0.2, 0.25) is 0 Å². The van der Waals surface area contributed by atoms with Gasteiger partial charge in [-0.3, -0.25) is 4.79 Å². The number of amides is 1. The van der Waals surface area contributed by atoms with Gasteiger partial charge in [0, 0.05) is 16.8 Å². The molecule has 1 aromatic heterocycles. The van der Waals surface area contributed by atoms with Gasteiger partial charge in [-0.15, -0.1) is 12.6 Å². The van der Waals surface area contributed by atoms with Crippen molar-refractivity contribution in [2.45, 2.75) is 4.90 Å². The lowest BCUT2D eigenvalue weighted by atomic mass is 10.2. The normalized spacial score (nSPS) is 10.1. The molecule has 2 aromatic rings. The fourth-order valence-electron chi connectivity index (χ4n) is 1.39. The molecule has 4 nitrogen and oxygen atoms in total. The van der Waals surface area contributed by atoms with Crippen molar-refractivity contribution in [2.24, 2.45) is 0 Å². The molecule has 0 saturated heterocycles. The van der Waals surface area contributed by atoms with Crippen molar-refractivity contribution in [2.75, 3.05) is 11.1 Å². The van der Waals surface area contributed by atoms with E-state index >= 15 is 0 Å². The second kappa shape index (κ2) is 5.29. The predicted octanol–water partition coefficient (Wildman–Crippen LogP) is 2.86. The summed E-state index contributed by atoms with van der Waals surface area (Å²) in [5.74, 6) is -0.372. The quantitative estimate of drug-likeness (QED) is 0.741. The monoisotopic (exact) mass is 279 g/mol. The smallest absolute Gasteiger partial charge is 0.276 e. The second-order valence-electron chi connectivity index (χ2n) is 3.56. The van der Waals surface area contributed by atoms with E-state index in [-0.39, 0.29) is 11.6 Å². The maximum absolute atomic E-state index is 11.9. The van der Waals surface area contributed by atoms with Gasteiger partial charge in [0.25, 0.3) is 5.91 Å². The van der Waals surface area contributed by atoms with Gasteiger partial charge in [-0.2, -0.15) is 0 Å². The summed E-state index contributed by atoms with van der Waals surface area (Å²) in [7, 11) is 0. The molecule has 0 bridgehead atoms. The molecule has 0 atom stereocenters. The SMILES string of the molecule is Nc1cccnc1C(=O)Nc1ccc(Cl)c(S)c1. The van der Waals surface area contributed by atoms with E-state index in [2.05, 4.69) is 22.9 Å². The first-order valence-electron chi connectivity index (χ1n) is 5.08. The fraction of sp³-hybridized carbons (Fsp3) is 0. The molecular weight excluding hydrogens is 270 g/mol. The summed E-state index contributed by atoms with van der Waals surface area (Å²) in [6.07, 6.45) is 1.51. The molecule has 0 aliphatic heterocycles. The molecule has 0 fully saturated rings. The number of carbonyl (C=O) groups is 1. The van der Waals surface area contributed by atoms with E-state index in [9.17, 15) is 4.79 Å². The molecule has 2 rings (SSSR count). The number of anilines is 2. The minimum absolute atomic E-state index is 0.188. The van der Waals surface area contributed by atoms with Gasteiger partial charge in [0.1, 0.15) is 0 Å². The summed E-state index contributed by atoms with van der Waals surface area (Å²) in [6, 6.07) is 8.27. The van der Waals surface area contributed by atoms with E-state index in [1.807, 2.05) is 0 Å². The van der Waals surface area contributed by atoms with Gasteiger partial charge in [0.15, 0.2) is 5.69 Å². The number of pyridine rings is 1. The number of aromatic nitrogens is 1. The summed E-state index contributed by atoms with van der Waals surface area (Å²) in [5.41, 5.74) is 6.77. The molecule has 0 aliphatic carbocycles. The van der Waals surface area contributed by atoms with Crippen molar-refractivity contribution in [3.8, 4) is 0 Å². The van der Waals surface area contributed by atoms with Crippen molar-refractivity contribution >= 4 is 41.5 Å². The minimum atomic E-state index is -0.372. The van der Waals surface area contributed by atoms with Gasteiger partial charge in [-0.25, -0.2) is 4.98 Å². The molecule has 3 N–H and O–H groups in total. The molecular formula is C12H10ClN3OS. The third kappa shape index (κ3) is 2.75. The number of hydrogen-bond donors (Lipinski definition) is 3. The number of hydrogen-bond acceptors (Lipinski definition) is 4. The molecule has 1 amide bonds. The van der Waals surface area contributed by atoms with Crippen LogP contribution < -0.4 is 11.1 Å². The molecule has 18 heavy (non-hydrogen) atoms. The zero-order valence-electron chi connectivity index (χ0n) is 9.22. The fourth-order valence-corrected chi connectivity index (χ4v) is 1.72. The summed E-state index contributed by atoms with van der Waals surface area (Å²) in [6.45, 7) is 0. The lowest BCUT2D eigenvalue weighted by Crippen LogP contribution is -2.15. The van der Waals surface area contributed by atoms with Crippen molar-refractivity contribution in [1.29, 1.82) is 0 Å². The van der Waals surface area contributed by atoms with Gasteiger partial charge >= 0.3 is 0 Å². The molecule has 0 spiro atoms. The van der Waals surface area contributed by atoms with Gasteiger partial charge in [-0.05, 0) is 30.3 Å². The lowest BCUT2D eigenvalue weighted by molar-refractivity contribution is 0.102. The number of benzene rings is 1. The van der Waals surface area contributed by atoms with Crippen LogP contribution in [0.5, 0.6) is 0 Å². The Labute approximate surface area is 115 Å². The van der Waals surface area contributed by atoms with Crippen LogP contribution >= 0.6 is 24.2 Å². The average molecular weight is 280 g/mol. The zero-order valence-corrected chi connectivity index (χ0v) is 10.9. The number of rotatable bonds is 2. The van der Waals surface area contributed by atoms with Crippen LogP contribution in [0.15, 0.2) is 41.4 Å². The summed E-state index contributed by atoms with van der Waals surface area (Å²) in [5, 5.41) is 3.20. The van der Waals surface area contributed by atoms with Crippen LogP contribution in [0, 0.1) is 0 Å². The molecule has 0 aliphatic rings. The Hall–Kier alpha value is -1.72. The van der Waals surface area contributed by atoms with Crippen LogP contribution in [-0.4, -0.2) is 10.9 Å². The number of nitrogen functional groups attached to an aromatic ring is 1. The molecule has 1 aromatic carbocycles. The Balaban J connectivity index is 2.22. The maximum Gasteiger partial charge on any atom is 0.276 e. The number of halogens is 1. The van der Waals surface area contributed by atoms with Gasteiger partial charge in [0.05, 0.1) is 10.7 Å². The number of nitrogens with two attached hydrogens (primary N) is 1. The van der Waals surface area contributed by atoms with Crippen LogP contribution in [0.1, 0.15) is 10.5 Å². The second-order valence-corrected chi connectivity index (χ2v) is 4.45. The van der Waals surface area contributed by atoms with E-state index in [0.717, 1.165) is 0 Å². The van der Waals surface area contributed by atoms with E-state index in [0.29, 0.717) is 21.3 Å². The maximum atomic E-state index is 11.9. The van der Waals surface area contributed by atoms with Crippen LogP contribution in [0.25, 0.3) is 0 Å². The van der Waals surface area contributed by atoms with Crippen LogP contribution in [0.2, 0.25) is 5.02 Å². The first kappa shape index (κ1) is 12.7. The summed E-state index contributed by atoms with van der Waals surface area (Å²) >= 11 is 10.0. The topological polar surface area (TPSA) is 68.0 Å². The molecule has 0 radical (unpaired) electrons. The van der Waals surface area contributed by atoms with E-state index in [4.69, 9.17) is 17.3 Å². The van der Waals surface area contributed by atoms with E-state index in [1.165, 1.54) is 6.20 Å². The highest BCUT2D eigenvalue weighted by Crippen LogP contribution is 2.24. The predicted molar refractivity (Wildman–Crippen MR) is 75.3 cm³/mol. The van der Waals surface area contributed by atoms with Crippen LogP contribution in [0.4, 0.5) is 11.4 Å². The first-order valence-corrected chi connectivity index (χ1v) is 5.91. The highest BCUT2D eigenvalue weighted by Gasteiger charge is 2.11. The molecule has 0 saturated carbocycles. The van der Waals surface area contributed by atoms with Crippen molar-refractivity contribution in [3.63, 3.8) is 0 Å². The summed E-state index contributed by atoms with van der Waals surface area (Å²) in [4.78, 5) is 16.4. The standard InChI is InChI=1S/C12H10ClN3OS/c13-8-4-3-7(6-10(8)18)16-12(17)11-9(14)2-1-5-15-11/h1-6,18H,14H2,(H,16,17). The highest BCUT2D eigenvalue weighted by atomic mass is 35.5. The Bertz CT molecular complexity index is 604. The number of nitrogens with zero attached hydrogens (tertiary/aromatic N) is 1. The number of carbonyl (C=O) groups excluding carboxylic acids is 1. The largest absolute Gasteiger partial charge is 0.397 e. The van der Waals surface area contributed by atoms with E-state index in [1.54, 1.807) is 30.3 Å². The van der Waals surface area contributed by atoms with Crippen molar-refractivity contribution in [3.05, 3.63) is 47.2 Å². The van der Waals surface area contributed by atoms with Crippen molar-refractivity contribution in [1.82, 2.24) is 4.98 Å². The highest BCUT2D eigenvalue weighted by molar-refractivity contribution is 7.80. The van der Waals surface area contributed by atoms with Crippen LogP contribution in [-0.2, 0) is 0 Å². The Morgan fingerprint density at radius 3 is 2.83 bits per heavy atom. The number of thiol groups is 1. The molecule has 1 heterocycles.